The van der Waals surface area contributed by atoms with Crippen molar-refractivity contribution >= 4 is 0 Å². The maximum absolute atomic E-state index is 6.12. The summed E-state index contributed by atoms with van der Waals surface area (Å²) < 4.78 is 0. The molecule has 1 atom stereocenters. The molecule has 0 fully saturated rings. The van der Waals surface area contributed by atoms with E-state index in [1.807, 2.05) is 0 Å². The highest BCUT2D eigenvalue weighted by Gasteiger charge is 2.20. The summed E-state index contributed by atoms with van der Waals surface area (Å²) in [6, 6.07) is 0. The number of hydrogen-bond acceptors (Lipinski definition) is 2. The van der Waals surface area contributed by atoms with Gasteiger partial charge in [0.1, 0.15) is 0 Å². The Morgan fingerprint density at radius 2 is 2.31 bits per heavy atom. The molecule has 2 heteroatoms. The molecule has 0 aromatic rings. The lowest BCUT2D eigenvalue weighted by Gasteiger charge is -2.33. The van der Waals surface area contributed by atoms with E-state index in [2.05, 4.69) is 31.7 Å². The summed E-state index contributed by atoms with van der Waals surface area (Å²) in [5.41, 5.74) is 7.62. The van der Waals surface area contributed by atoms with Crippen LogP contribution in [0.5, 0.6) is 0 Å². The standard InChI is InChI=1S/C11H22N2/c1-4-11(3,12)9-13-7-5-10(2)6-8-13/h5H,4,6-9,12H2,1-3H3. The maximum atomic E-state index is 6.12. The Kier molecular flexibility index (Phi) is 3.51. The van der Waals surface area contributed by atoms with Crippen LogP contribution in [-0.2, 0) is 0 Å². The molecule has 0 aliphatic carbocycles. The van der Waals surface area contributed by atoms with Gasteiger partial charge in [-0.15, -0.1) is 0 Å². The SMILES string of the molecule is CCC(C)(N)CN1CC=C(C)CC1. The molecule has 0 amide bonds. The fraction of sp³-hybridized carbons (Fsp3) is 0.818. The minimum absolute atomic E-state index is 0.0148. The van der Waals surface area contributed by atoms with Gasteiger partial charge in [0.15, 0.2) is 0 Å². The van der Waals surface area contributed by atoms with Crippen molar-refractivity contribution in [3.63, 3.8) is 0 Å². The fourth-order valence-electron chi connectivity index (χ4n) is 1.58. The molecule has 1 aliphatic heterocycles. The van der Waals surface area contributed by atoms with E-state index < -0.39 is 0 Å². The molecule has 2 nitrogen and oxygen atoms in total. The molecule has 0 spiro atoms. The number of hydrogen-bond donors (Lipinski definition) is 1. The first-order valence-corrected chi connectivity index (χ1v) is 5.20. The molecular weight excluding hydrogens is 160 g/mol. The molecule has 1 heterocycles. The average Bonchev–Trinajstić information content (AvgIpc) is 2.09. The van der Waals surface area contributed by atoms with Gasteiger partial charge in [-0.3, -0.25) is 4.90 Å². The first-order valence-electron chi connectivity index (χ1n) is 5.20. The molecule has 0 aromatic carbocycles. The van der Waals surface area contributed by atoms with E-state index in [-0.39, 0.29) is 5.54 Å². The highest BCUT2D eigenvalue weighted by molar-refractivity contribution is 5.04. The van der Waals surface area contributed by atoms with Crippen LogP contribution < -0.4 is 5.73 Å². The smallest absolute Gasteiger partial charge is 0.0252 e. The van der Waals surface area contributed by atoms with Crippen LogP contribution in [0.3, 0.4) is 0 Å². The third-order valence-corrected chi connectivity index (χ3v) is 2.91. The monoisotopic (exact) mass is 182 g/mol. The summed E-state index contributed by atoms with van der Waals surface area (Å²) in [4.78, 5) is 2.44. The topological polar surface area (TPSA) is 29.3 Å². The first kappa shape index (κ1) is 10.7. The predicted octanol–water partition coefficient (Wildman–Crippen LogP) is 1.77. The van der Waals surface area contributed by atoms with Gasteiger partial charge in [0.05, 0.1) is 0 Å². The quantitative estimate of drug-likeness (QED) is 0.674. The van der Waals surface area contributed by atoms with Crippen LogP contribution in [0.2, 0.25) is 0 Å². The predicted molar refractivity (Wildman–Crippen MR) is 57.7 cm³/mol. The molecule has 0 bridgehead atoms. The van der Waals surface area contributed by atoms with Crippen molar-refractivity contribution in [3.05, 3.63) is 11.6 Å². The van der Waals surface area contributed by atoms with Crippen molar-refractivity contribution in [1.29, 1.82) is 0 Å². The highest BCUT2D eigenvalue weighted by atomic mass is 15.1. The van der Waals surface area contributed by atoms with Crippen LogP contribution in [0.1, 0.15) is 33.6 Å². The first-order chi connectivity index (χ1) is 6.03. The number of rotatable bonds is 3. The fourth-order valence-corrected chi connectivity index (χ4v) is 1.58. The number of nitrogens with zero attached hydrogens (tertiary/aromatic N) is 1. The summed E-state index contributed by atoms with van der Waals surface area (Å²) in [5, 5.41) is 0. The van der Waals surface area contributed by atoms with Crippen molar-refractivity contribution in [2.45, 2.75) is 39.2 Å². The van der Waals surface area contributed by atoms with E-state index in [1.165, 1.54) is 18.5 Å². The Morgan fingerprint density at radius 3 is 2.77 bits per heavy atom. The van der Waals surface area contributed by atoms with Gasteiger partial charge in [0.25, 0.3) is 0 Å². The normalized spacial score (nSPS) is 23.8. The van der Waals surface area contributed by atoms with Crippen LogP contribution >= 0.6 is 0 Å². The molecular formula is C11H22N2. The lowest BCUT2D eigenvalue weighted by molar-refractivity contribution is 0.226. The Labute approximate surface area is 81.8 Å². The second kappa shape index (κ2) is 4.25. The summed E-state index contributed by atoms with van der Waals surface area (Å²) in [6.45, 7) is 9.78. The van der Waals surface area contributed by atoms with E-state index in [4.69, 9.17) is 5.73 Å². The van der Waals surface area contributed by atoms with E-state index >= 15 is 0 Å². The van der Waals surface area contributed by atoms with Crippen LogP contribution in [0, 0.1) is 0 Å². The third-order valence-electron chi connectivity index (χ3n) is 2.91. The van der Waals surface area contributed by atoms with Crippen LogP contribution in [0.4, 0.5) is 0 Å². The Balaban J connectivity index is 2.39. The van der Waals surface area contributed by atoms with Gasteiger partial charge < -0.3 is 5.73 Å². The second-order valence-corrected chi connectivity index (χ2v) is 4.54. The van der Waals surface area contributed by atoms with E-state index in [0.29, 0.717) is 0 Å². The summed E-state index contributed by atoms with van der Waals surface area (Å²) in [7, 11) is 0. The van der Waals surface area contributed by atoms with Gasteiger partial charge in [0.2, 0.25) is 0 Å². The van der Waals surface area contributed by atoms with Crippen LogP contribution in [0.15, 0.2) is 11.6 Å². The molecule has 76 valence electrons. The zero-order chi connectivity index (χ0) is 9.90. The van der Waals surface area contributed by atoms with E-state index in [1.54, 1.807) is 0 Å². The van der Waals surface area contributed by atoms with E-state index in [0.717, 1.165) is 19.5 Å². The lowest BCUT2D eigenvalue weighted by Crippen LogP contribution is -2.48. The number of nitrogens with two attached hydrogens (primary N) is 1. The van der Waals surface area contributed by atoms with Gasteiger partial charge in [-0.2, -0.15) is 0 Å². The molecule has 2 N–H and O–H groups in total. The maximum Gasteiger partial charge on any atom is 0.0252 e. The molecule has 0 radical (unpaired) electrons. The zero-order valence-electron chi connectivity index (χ0n) is 9.14. The molecule has 0 saturated carbocycles. The molecule has 13 heavy (non-hydrogen) atoms. The van der Waals surface area contributed by atoms with Gasteiger partial charge in [-0.25, -0.2) is 0 Å². The minimum Gasteiger partial charge on any atom is -0.324 e. The van der Waals surface area contributed by atoms with Gasteiger partial charge in [0, 0.05) is 25.2 Å². The zero-order valence-corrected chi connectivity index (χ0v) is 9.14. The van der Waals surface area contributed by atoms with Crippen molar-refractivity contribution in [3.8, 4) is 0 Å². The Bertz CT molecular complexity index is 194. The summed E-state index contributed by atoms with van der Waals surface area (Å²) in [6.07, 6.45) is 4.57. The molecule has 0 aromatic heterocycles. The average molecular weight is 182 g/mol. The van der Waals surface area contributed by atoms with Crippen LogP contribution in [-0.4, -0.2) is 30.1 Å². The van der Waals surface area contributed by atoms with Gasteiger partial charge in [-0.05, 0) is 26.7 Å². The molecule has 1 unspecified atom stereocenters. The third kappa shape index (κ3) is 3.49. The van der Waals surface area contributed by atoms with E-state index in [9.17, 15) is 0 Å². The molecule has 0 saturated heterocycles. The lowest BCUT2D eigenvalue weighted by atomic mass is 9.98. The summed E-state index contributed by atoms with van der Waals surface area (Å²) in [5.74, 6) is 0. The van der Waals surface area contributed by atoms with Crippen molar-refractivity contribution in [2.75, 3.05) is 19.6 Å². The Hall–Kier alpha value is -0.340. The largest absolute Gasteiger partial charge is 0.324 e. The highest BCUT2D eigenvalue weighted by Crippen LogP contribution is 2.13. The minimum atomic E-state index is -0.0148. The van der Waals surface area contributed by atoms with Gasteiger partial charge in [-0.1, -0.05) is 18.6 Å². The van der Waals surface area contributed by atoms with Crippen molar-refractivity contribution in [2.24, 2.45) is 5.73 Å². The summed E-state index contributed by atoms with van der Waals surface area (Å²) >= 11 is 0. The van der Waals surface area contributed by atoms with Crippen molar-refractivity contribution in [1.82, 2.24) is 4.90 Å². The second-order valence-electron chi connectivity index (χ2n) is 4.54. The molecule has 1 rings (SSSR count). The molecule has 1 aliphatic rings. The Morgan fingerprint density at radius 1 is 1.62 bits per heavy atom. The van der Waals surface area contributed by atoms with Gasteiger partial charge >= 0.3 is 0 Å². The van der Waals surface area contributed by atoms with Crippen molar-refractivity contribution < 1.29 is 0 Å². The van der Waals surface area contributed by atoms with Crippen LogP contribution in [0.25, 0.3) is 0 Å².